The second kappa shape index (κ2) is 6.22. The van der Waals surface area contributed by atoms with E-state index in [-0.39, 0.29) is 12.0 Å². The molecule has 6 heteroatoms. The molecule has 0 unspecified atom stereocenters. The smallest absolute Gasteiger partial charge is 0.407 e. The molecule has 0 aromatic heterocycles. The van der Waals surface area contributed by atoms with Gasteiger partial charge in [-0.2, -0.15) is 0 Å². The molecule has 1 aromatic carbocycles. The van der Waals surface area contributed by atoms with E-state index in [9.17, 15) is 4.79 Å². The maximum Gasteiger partial charge on any atom is 0.407 e. The van der Waals surface area contributed by atoms with Crippen LogP contribution < -0.4 is 10.1 Å². The monoisotopic (exact) mass is 298 g/mol. The lowest BCUT2D eigenvalue weighted by atomic mass is 9.94. The highest BCUT2D eigenvalue weighted by Gasteiger charge is 2.28. The summed E-state index contributed by atoms with van der Waals surface area (Å²) in [4.78, 5) is 12.4. The molecule has 0 aliphatic carbocycles. The van der Waals surface area contributed by atoms with E-state index in [0.717, 1.165) is 12.1 Å². The average molecular weight is 299 g/mol. The molecule has 20 heavy (non-hydrogen) atoms. The molecule has 1 aliphatic heterocycles. The van der Waals surface area contributed by atoms with Gasteiger partial charge in [0.1, 0.15) is 5.75 Å². The zero-order valence-corrected chi connectivity index (χ0v) is 12.4. The van der Waals surface area contributed by atoms with Gasteiger partial charge in [-0.05, 0) is 24.5 Å². The molecule has 5 nitrogen and oxygen atoms in total. The fourth-order valence-corrected chi connectivity index (χ4v) is 2.68. The van der Waals surface area contributed by atoms with Gasteiger partial charge in [-0.3, -0.25) is 0 Å². The molecule has 1 heterocycles. The summed E-state index contributed by atoms with van der Waals surface area (Å²) >= 11 is 5.94. The fourth-order valence-electron chi connectivity index (χ4n) is 2.52. The SMILES string of the molecule is COc1cc(Cl)ccc1N[C@H]1CCN(C(=O)O)C[C@H]1C. The van der Waals surface area contributed by atoms with Crippen molar-refractivity contribution in [2.24, 2.45) is 5.92 Å². The molecule has 2 atom stereocenters. The molecule has 1 amide bonds. The Morgan fingerprint density at radius 2 is 2.30 bits per heavy atom. The van der Waals surface area contributed by atoms with Crippen LogP contribution in [0.4, 0.5) is 10.5 Å². The number of rotatable bonds is 3. The number of piperidine rings is 1. The molecule has 1 fully saturated rings. The Balaban J connectivity index is 2.06. The standard InChI is InChI=1S/C14H19ClN2O3/c1-9-8-17(14(18)19)6-5-11(9)16-12-4-3-10(15)7-13(12)20-2/h3-4,7,9,11,16H,5-6,8H2,1-2H3,(H,18,19)/t9-,11+/m1/s1. The highest BCUT2D eigenvalue weighted by molar-refractivity contribution is 6.30. The number of anilines is 1. The lowest BCUT2D eigenvalue weighted by molar-refractivity contribution is 0.119. The fraction of sp³-hybridized carbons (Fsp3) is 0.500. The van der Waals surface area contributed by atoms with Crippen molar-refractivity contribution in [1.82, 2.24) is 4.90 Å². The molecular weight excluding hydrogens is 280 g/mol. The Kier molecular flexibility index (Phi) is 4.60. The van der Waals surface area contributed by atoms with Crippen LogP contribution in [-0.2, 0) is 0 Å². The lowest BCUT2D eigenvalue weighted by Crippen LogP contribution is -2.47. The first-order valence-corrected chi connectivity index (χ1v) is 6.97. The summed E-state index contributed by atoms with van der Waals surface area (Å²) in [5.74, 6) is 0.936. The third-order valence-electron chi connectivity index (χ3n) is 3.68. The summed E-state index contributed by atoms with van der Waals surface area (Å²) < 4.78 is 5.31. The normalized spacial score (nSPS) is 22.4. The van der Waals surface area contributed by atoms with Gasteiger partial charge < -0.3 is 20.1 Å². The summed E-state index contributed by atoms with van der Waals surface area (Å²) in [6.07, 6.45) is -0.0708. The molecule has 1 saturated heterocycles. The number of hydrogen-bond donors (Lipinski definition) is 2. The molecular formula is C14H19ClN2O3. The predicted molar refractivity (Wildman–Crippen MR) is 78.8 cm³/mol. The van der Waals surface area contributed by atoms with E-state index in [1.165, 1.54) is 4.90 Å². The predicted octanol–water partition coefficient (Wildman–Crippen LogP) is 3.15. The van der Waals surface area contributed by atoms with Crippen molar-refractivity contribution in [2.45, 2.75) is 19.4 Å². The van der Waals surface area contributed by atoms with Crippen molar-refractivity contribution in [3.05, 3.63) is 23.2 Å². The Bertz CT molecular complexity index is 495. The van der Waals surface area contributed by atoms with Gasteiger partial charge in [-0.1, -0.05) is 18.5 Å². The summed E-state index contributed by atoms with van der Waals surface area (Å²) in [6.45, 7) is 3.14. The van der Waals surface area contributed by atoms with Crippen LogP contribution in [0.15, 0.2) is 18.2 Å². The summed E-state index contributed by atoms with van der Waals surface area (Å²) in [6, 6.07) is 5.68. The Morgan fingerprint density at radius 3 is 2.90 bits per heavy atom. The van der Waals surface area contributed by atoms with Crippen molar-refractivity contribution < 1.29 is 14.6 Å². The summed E-state index contributed by atoms with van der Waals surface area (Å²) in [7, 11) is 1.60. The van der Waals surface area contributed by atoms with Crippen molar-refractivity contribution in [3.8, 4) is 5.75 Å². The van der Waals surface area contributed by atoms with Gasteiger partial charge in [0.15, 0.2) is 0 Å². The number of nitrogens with one attached hydrogen (secondary N) is 1. The molecule has 1 aromatic rings. The molecule has 2 N–H and O–H groups in total. The quantitative estimate of drug-likeness (QED) is 0.900. The lowest BCUT2D eigenvalue weighted by Gasteiger charge is -2.36. The van der Waals surface area contributed by atoms with E-state index in [1.807, 2.05) is 12.1 Å². The third-order valence-corrected chi connectivity index (χ3v) is 3.92. The van der Waals surface area contributed by atoms with Gasteiger partial charge in [0.2, 0.25) is 0 Å². The molecule has 0 bridgehead atoms. The van der Waals surface area contributed by atoms with Gasteiger partial charge in [0, 0.05) is 30.2 Å². The van der Waals surface area contributed by atoms with Crippen molar-refractivity contribution in [2.75, 3.05) is 25.5 Å². The number of carbonyl (C=O) groups is 1. The van der Waals surface area contributed by atoms with Gasteiger partial charge in [-0.25, -0.2) is 4.79 Å². The minimum Gasteiger partial charge on any atom is -0.495 e. The second-order valence-electron chi connectivity index (χ2n) is 5.09. The summed E-state index contributed by atoms with van der Waals surface area (Å²) in [5, 5.41) is 13.1. The molecule has 110 valence electrons. The van der Waals surface area contributed by atoms with E-state index in [4.69, 9.17) is 21.4 Å². The number of nitrogens with zero attached hydrogens (tertiary/aromatic N) is 1. The van der Waals surface area contributed by atoms with Gasteiger partial charge in [0.25, 0.3) is 0 Å². The Morgan fingerprint density at radius 1 is 1.55 bits per heavy atom. The van der Waals surface area contributed by atoms with E-state index >= 15 is 0 Å². The molecule has 1 aliphatic rings. The van der Waals surface area contributed by atoms with Gasteiger partial charge >= 0.3 is 6.09 Å². The maximum atomic E-state index is 11.0. The van der Waals surface area contributed by atoms with Crippen LogP contribution in [0, 0.1) is 5.92 Å². The second-order valence-corrected chi connectivity index (χ2v) is 5.53. The highest BCUT2D eigenvalue weighted by Crippen LogP contribution is 2.30. The first kappa shape index (κ1) is 14.8. The van der Waals surface area contributed by atoms with Crippen LogP contribution in [0.25, 0.3) is 0 Å². The van der Waals surface area contributed by atoms with E-state index in [2.05, 4.69) is 12.2 Å². The van der Waals surface area contributed by atoms with Crippen LogP contribution in [-0.4, -0.2) is 42.3 Å². The number of benzene rings is 1. The topological polar surface area (TPSA) is 61.8 Å². The number of carboxylic acid groups (broad SMARTS) is 1. The first-order chi connectivity index (χ1) is 9.51. The Labute approximate surface area is 123 Å². The number of hydrogen-bond acceptors (Lipinski definition) is 3. The number of amides is 1. The minimum atomic E-state index is -0.848. The third kappa shape index (κ3) is 3.28. The Hall–Kier alpha value is -1.62. The number of ether oxygens (including phenoxy) is 1. The zero-order valence-electron chi connectivity index (χ0n) is 11.6. The van der Waals surface area contributed by atoms with Crippen molar-refractivity contribution in [1.29, 1.82) is 0 Å². The largest absolute Gasteiger partial charge is 0.495 e. The van der Waals surface area contributed by atoms with Gasteiger partial charge in [0.05, 0.1) is 12.8 Å². The molecule has 0 spiro atoms. The van der Waals surface area contributed by atoms with E-state index in [1.54, 1.807) is 13.2 Å². The van der Waals surface area contributed by atoms with Crippen LogP contribution in [0.3, 0.4) is 0 Å². The number of halogens is 1. The minimum absolute atomic E-state index is 0.223. The van der Waals surface area contributed by atoms with Crippen molar-refractivity contribution in [3.63, 3.8) is 0 Å². The summed E-state index contributed by atoms with van der Waals surface area (Å²) in [5.41, 5.74) is 0.887. The van der Waals surface area contributed by atoms with Crippen molar-refractivity contribution >= 4 is 23.4 Å². The van der Waals surface area contributed by atoms with Crippen LogP contribution >= 0.6 is 11.6 Å². The van der Waals surface area contributed by atoms with Crippen LogP contribution in [0.1, 0.15) is 13.3 Å². The molecule has 2 rings (SSSR count). The van der Waals surface area contributed by atoms with E-state index < -0.39 is 6.09 Å². The first-order valence-electron chi connectivity index (χ1n) is 6.59. The molecule has 0 saturated carbocycles. The average Bonchev–Trinajstić information content (AvgIpc) is 2.42. The van der Waals surface area contributed by atoms with Crippen LogP contribution in [0.2, 0.25) is 5.02 Å². The zero-order chi connectivity index (χ0) is 14.7. The highest BCUT2D eigenvalue weighted by atomic mass is 35.5. The van der Waals surface area contributed by atoms with Gasteiger partial charge in [-0.15, -0.1) is 0 Å². The van der Waals surface area contributed by atoms with E-state index in [0.29, 0.717) is 23.9 Å². The number of likely N-dealkylation sites (tertiary alicyclic amines) is 1. The number of methoxy groups -OCH3 is 1. The maximum absolute atomic E-state index is 11.0. The van der Waals surface area contributed by atoms with Crippen LogP contribution in [0.5, 0.6) is 5.75 Å². The molecule has 0 radical (unpaired) electrons.